The van der Waals surface area contributed by atoms with Gasteiger partial charge in [0.15, 0.2) is 0 Å². The lowest BCUT2D eigenvalue weighted by atomic mass is 9.63. The van der Waals surface area contributed by atoms with Crippen molar-refractivity contribution >= 4 is 16.9 Å². The fraction of sp³-hybridized carbons (Fsp3) is 0.481. The van der Waals surface area contributed by atoms with Crippen LogP contribution in [0.15, 0.2) is 54.6 Å². The molecule has 162 valence electrons. The molecule has 0 atom stereocenters. The van der Waals surface area contributed by atoms with Gasteiger partial charge in [-0.2, -0.15) is 0 Å². The number of amides is 1. The van der Waals surface area contributed by atoms with Crippen LogP contribution in [-0.2, 0) is 10.3 Å². The van der Waals surface area contributed by atoms with Gasteiger partial charge in [-0.25, -0.2) is 4.98 Å². The van der Waals surface area contributed by atoms with Crippen LogP contribution in [-0.4, -0.2) is 15.5 Å². The summed E-state index contributed by atoms with van der Waals surface area (Å²) in [6.45, 7) is 0. The molecule has 31 heavy (non-hydrogen) atoms. The van der Waals surface area contributed by atoms with E-state index in [2.05, 4.69) is 34.9 Å². The molecule has 1 amide bonds. The fourth-order valence-electron chi connectivity index (χ4n) is 6.48. The second kappa shape index (κ2) is 8.49. The number of imidazole rings is 1. The van der Waals surface area contributed by atoms with Crippen molar-refractivity contribution in [3.63, 3.8) is 0 Å². The van der Waals surface area contributed by atoms with Gasteiger partial charge >= 0.3 is 0 Å². The Morgan fingerprint density at radius 2 is 1.35 bits per heavy atom. The molecule has 0 bridgehead atoms. The van der Waals surface area contributed by atoms with E-state index in [1.165, 1.54) is 38.5 Å². The van der Waals surface area contributed by atoms with Crippen LogP contribution in [0.5, 0.6) is 0 Å². The van der Waals surface area contributed by atoms with Crippen molar-refractivity contribution in [2.45, 2.75) is 69.7 Å². The molecule has 4 nitrogen and oxygen atoms in total. The van der Waals surface area contributed by atoms with Crippen LogP contribution in [0.1, 0.15) is 64.2 Å². The van der Waals surface area contributed by atoms with Gasteiger partial charge in [0, 0.05) is 5.56 Å². The molecule has 2 aliphatic rings. The summed E-state index contributed by atoms with van der Waals surface area (Å²) in [4.78, 5) is 18.8. The smallest absolute Gasteiger partial charge is 0.244 e. The van der Waals surface area contributed by atoms with Crippen LogP contribution in [0.3, 0.4) is 0 Å². The lowest BCUT2D eigenvalue weighted by Crippen LogP contribution is -2.58. The van der Waals surface area contributed by atoms with Gasteiger partial charge in [-0.3, -0.25) is 4.79 Å². The van der Waals surface area contributed by atoms with Crippen LogP contribution in [0.2, 0.25) is 0 Å². The Kier molecular flexibility index (Phi) is 5.56. The van der Waals surface area contributed by atoms with E-state index in [0.29, 0.717) is 0 Å². The van der Waals surface area contributed by atoms with E-state index in [9.17, 15) is 4.79 Å². The maximum atomic E-state index is 13.7. The largest absolute Gasteiger partial charge is 0.368 e. The van der Waals surface area contributed by atoms with Crippen LogP contribution in [0.25, 0.3) is 22.4 Å². The van der Waals surface area contributed by atoms with Gasteiger partial charge in [0.05, 0.1) is 11.0 Å². The number of carbonyl (C=O) groups excluding carboxylic acids is 1. The number of para-hydroxylation sites is 2. The predicted molar refractivity (Wildman–Crippen MR) is 125 cm³/mol. The molecular formula is C27H33N3O. The highest BCUT2D eigenvalue weighted by atomic mass is 16.1. The zero-order valence-electron chi connectivity index (χ0n) is 18.3. The Labute approximate surface area is 184 Å². The number of hydrogen-bond donors (Lipinski definition) is 1. The van der Waals surface area contributed by atoms with Crippen LogP contribution < -0.4 is 5.73 Å². The SMILES string of the molecule is NC(=O)C(C1CCCCC1)(C1CCCCC1)n1c(-c2ccccc2)nc2ccccc21. The molecule has 1 heterocycles. The molecule has 0 spiro atoms. The van der Waals surface area contributed by atoms with E-state index in [1.54, 1.807) is 0 Å². The van der Waals surface area contributed by atoms with Crippen LogP contribution >= 0.6 is 0 Å². The zero-order chi connectivity index (χ0) is 21.3. The summed E-state index contributed by atoms with van der Waals surface area (Å²) in [7, 11) is 0. The van der Waals surface area contributed by atoms with Crippen LogP contribution in [0.4, 0.5) is 0 Å². The average Bonchev–Trinajstić information content (AvgIpc) is 3.21. The van der Waals surface area contributed by atoms with Gasteiger partial charge in [-0.15, -0.1) is 0 Å². The molecule has 1 aromatic heterocycles. The van der Waals surface area contributed by atoms with E-state index in [1.807, 2.05) is 24.3 Å². The molecule has 5 rings (SSSR count). The maximum absolute atomic E-state index is 13.7. The third kappa shape index (κ3) is 3.37. The van der Waals surface area contributed by atoms with Crippen molar-refractivity contribution in [3.8, 4) is 11.4 Å². The average molecular weight is 416 g/mol. The molecule has 2 N–H and O–H groups in total. The minimum absolute atomic E-state index is 0.161. The van der Waals surface area contributed by atoms with Crippen molar-refractivity contribution < 1.29 is 4.79 Å². The van der Waals surface area contributed by atoms with E-state index in [4.69, 9.17) is 10.7 Å². The van der Waals surface area contributed by atoms with E-state index in [-0.39, 0.29) is 17.7 Å². The van der Waals surface area contributed by atoms with Gasteiger partial charge in [0.2, 0.25) is 5.91 Å². The Morgan fingerprint density at radius 1 is 0.806 bits per heavy atom. The minimum atomic E-state index is -0.720. The summed E-state index contributed by atoms with van der Waals surface area (Å²) in [6, 6.07) is 18.6. The Morgan fingerprint density at radius 3 is 1.94 bits per heavy atom. The van der Waals surface area contributed by atoms with E-state index < -0.39 is 5.54 Å². The maximum Gasteiger partial charge on any atom is 0.244 e. The molecule has 0 unspecified atom stereocenters. The highest BCUT2D eigenvalue weighted by molar-refractivity contribution is 5.89. The summed E-state index contributed by atoms with van der Waals surface area (Å²) in [5.74, 6) is 1.26. The summed E-state index contributed by atoms with van der Waals surface area (Å²) in [5.41, 5.74) is 8.79. The molecule has 3 aromatic rings. The number of benzene rings is 2. The third-order valence-corrected chi connectivity index (χ3v) is 7.81. The van der Waals surface area contributed by atoms with Crippen LogP contribution in [0, 0.1) is 11.8 Å². The highest BCUT2D eigenvalue weighted by Gasteiger charge is 2.53. The van der Waals surface area contributed by atoms with E-state index in [0.717, 1.165) is 48.1 Å². The number of carbonyl (C=O) groups is 1. The molecule has 0 saturated heterocycles. The quantitative estimate of drug-likeness (QED) is 0.552. The van der Waals surface area contributed by atoms with Crippen molar-refractivity contribution in [2.75, 3.05) is 0 Å². The fourth-order valence-corrected chi connectivity index (χ4v) is 6.48. The molecule has 2 fully saturated rings. The molecule has 2 aliphatic carbocycles. The molecule has 4 heteroatoms. The number of fused-ring (bicyclic) bond motifs is 1. The number of nitrogens with zero attached hydrogens (tertiary/aromatic N) is 2. The first-order chi connectivity index (χ1) is 15.2. The topological polar surface area (TPSA) is 60.9 Å². The Bertz CT molecular complexity index is 1020. The van der Waals surface area contributed by atoms with Gasteiger partial charge in [0.25, 0.3) is 0 Å². The van der Waals surface area contributed by atoms with Gasteiger partial charge in [-0.1, -0.05) is 81.0 Å². The Balaban J connectivity index is 1.83. The van der Waals surface area contributed by atoms with Gasteiger partial charge in [0.1, 0.15) is 11.4 Å². The molecular weight excluding hydrogens is 382 g/mol. The molecule has 2 aromatic carbocycles. The van der Waals surface area contributed by atoms with Gasteiger partial charge < -0.3 is 10.3 Å². The van der Waals surface area contributed by atoms with E-state index >= 15 is 0 Å². The van der Waals surface area contributed by atoms with Crippen molar-refractivity contribution in [2.24, 2.45) is 17.6 Å². The monoisotopic (exact) mass is 415 g/mol. The number of primary amides is 1. The van der Waals surface area contributed by atoms with Crippen molar-refractivity contribution in [3.05, 3.63) is 54.6 Å². The Hall–Kier alpha value is -2.62. The second-order valence-corrected chi connectivity index (χ2v) is 9.49. The first kappa shape index (κ1) is 20.3. The number of rotatable bonds is 5. The predicted octanol–water partition coefficient (Wildman–Crippen LogP) is 6.04. The number of aromatic nitrogens is 2. The normalized spacial score (nSPS) is 19.0. The third-order valence-electron chi connectivity index (χ3n) is 7.81. The first-order valence-electron chi connectivity index (χ1n) is 12.1. The lowest BCUT2D eigenvalue weighted by Gasteiger charge is -2.48. The molecule has 0 radical (unpaired) electrons. The summed E-state index contributed by atoms with van der Waals surface area (Å²) >= 11 is 0. The summed E-state index contributed by atoms with van der Waals surface area (Å²) in [5, 5.41) is 0. The van der Waals surface area contributed by atoms with Gasteiger partial charge in [-0.05, 0) is 49.7 Å². The minimum Gasteiger partial charge on any atom is -0.368 e. The molecule has 2 saturated carbocycles. The number of hydrogen-bond acceptors (Lipinski definition) is 2. The van der Waals surface area contributed by atoms with Crippen molar-refractivity contribution in [1.82, 2.24) is 9.55 Å². The zero-order valence-corrected chi connectivity index (χ0v) is 18.3. The summed E-state index contributed by atoms with van der Waals surface area (Å²) in [6.07, 6.45) is 11.5. The van der Waals surface area contributed by atoms with Crippen molar-refractivity contribution in [1.29, 1.82) is 0 Å². The summed E-state index contributed by atoms with van der Waals surface area (Å²) < 4.78 is 2.30. The second-order valence-electron chi connectivity index (χ2n) is 9.49. The lowest BCUT2D eigenvalue weighted by molar-refractivity contribution is -0.135. The number of nitrogens with two attached hydrogens (primary N) is 1. The first-order valence-corrected chi connectivity index (χ1v) is 12.1. The molecule has 0 aliphatic heterocycles. The highest BCUT2D eigenvalue weighted by Crippen LogP contribution is 2.50. The standard InChI is InChI=1S/C27H33N3O/c28-26(31)27(21-14-6-2-7-15-21,22-16-8-3-9-17-22)30-24-19-11-10-18-23(24)29-25(30)20-12-4-1-5-13-20/h1,4-5,10-13,18-19,21-22H,2-3,6-9,14-17H2,(H2,28,31).